The van der Waals surface area contributed by atoms with Crippen molar-refractivity contribution in [3.05, 3.63) is 52.6 Å². The van der Waals surface area contributed by atoms with E-state index in [9.17, 15) is 4.39 Å². The number of hydrazine groups is 1. The summed E-state index contributed by atoms with van der Waals surface area (Å²) in [5.41, 5.74) is 5.88. The Kier molecular flexibility index (Phi) is 3.45. The molecular formula is C13H17FN4. The van der Waals surface area contributed by atoms with E-state index in [2.05, 4.69) is 10.5 Å². The smallest absolute Gasteiger partial charge is 0.128 e. The first-order valence-electron chi connectivity index (χ1n) is 5.75. The summed E-state index contributed by atoms with van der Waals surface area (Å²) >= 11 is 0. The van der Waals surface area contributed by atoms with Crippen molar-refractivity contribution in [2.45, 2.75) is 19.9 Å². The number of nitrogens with two attached hydrogens (primary N) is 1. The number of rotatable bonds is 3. The van der Waals surface area contributed by atoms with Crippen molar-refractivity contribution < 1.29 is 4.39 Å². The largest absolute Gasteiger partial charge is 0.271 e. The lowest BCUT2D eigenvalue weighted by atomic mass is 10.0. The molecule has 2 aromatic rings. The van der Waals surface area contributed by atoms with Gasteiger partial charge in [0.25, 0.3) is 0 Å². The molecule has 0 radical (unpaired) electrons. The molecule has 0 saturated heterocycles. The molecule has 1 heterocycles. The highest BCUT2D eigenvalue weighted by molar-refractivity contribution is 5.33. The van der Waals surface area contributed by atoms with Crippen LogP contribution in [-0.4, -0.2) is 9.78 Å². The minimum Gasteiger partial charge on any atom is -0.271 e. The first-order valence-corrected chi connectivity index (χ1v) is 5.75. The Labute approximate surface area is 106 Å². The van der Waals surface area contributed by atoms with Gasteiger partial charge in [-0.1, -0.05) is 17.7 Å². The highest BCUT2D eigenvalue weighted by atomic mass is 19.1. The Balaban J connectivity index is 2.51. The van der Waals surface area contributed by atoms with Crippen LogP contribution in [0.5, 0.6) is 0 Å². The first kappa shape index (κ1) is 12.7. The van der Waals surface area contributed by atoms with E-state index in [1.165, 1.54) is 6.07 Å². The number of aryl methyl sites for hydroxylation is 3. The molecule has 0 saturated carbocycles. The number of hydrogen-bond donors (Lipinski definition) is 2. The summed E-state index contributed by atoms with van der Waals surface area (Å²) in [4.78, 5) is 0. The molecule has 0 fully saturated rings. The Bertz CT molecular complexity index is 562. The summed E-state index contributed by atoms with van der Waals surface area (Å²) in [7, 11) is 1.82. The molecular weight excluding hydrogens is 231 g/mol. The van der Waals surface area contributed by atoms with Crippen LogP contribution in [-0.2, 0) is 7.05 Å². The summed E-state index contributed by atoms with van der Waals surface area (Å²) in [5, 5.41) is 4.26. The summed E-state index contributed by atoms with van der Waals surface area (Å²) in [6, 6.07) is 6.48. The van der Waals surface area contributed by atoms with E-state index in [0.717, 1.165) is 17.0 Å². The zero-order chi connectivity index (χ0) is 13.3. The number of benzene rings is 1. The van der Waals surface area contributed by atoms with Crippen LogP contribution in [0.3, 0.4) is 0 Å². The number of aromatic nitrogens is 2. The van der Waals surface area contributed by atoms with Gasteiger partial charge in [-0.05, 0) is 26.0 Å². The zero-order valence-corrected chi connectivity index (χ0v) is 10.7. The molecule has 1 unspecified atom stereocenters. The average Bonchev–Trinajstić information content (AvgIpc) is 2.64. The minimum absolute atomic E-state index is 0.276. The van der Waals surface area contributed by atoms with E-state index in [1.807, 2.05) is 27.0 Å². The third-order valence-electron chi connectivity index (χ3n) is 2.96. The Morgan fingerprint density at radius 3 is 2.61 bits per heavy atom. The lowest BCUT2D eigenvalue weighted by Crippen LogP contribution is -2.31. The fourth-order valence-electron chi connectivity index (χ4n) is 2.12. The van der Waals surface area contributed by atoms with Gasteiger partial charge in [0, 0.05) is 12.6 Å². The molecule has 0 aliphatic carbocycles. The molecule has 96 valence electrons. The second kappa shape index (κ2) is 4.88. The van der Waals surface area contributed by atoms with E-state index >= 15 is 0 Å². The second-order valence-electron chi connectivity index (χ2n) is 4.46. The van der Waals surface area contributed by atoms with Gasteiger partial charge in [0.2, 0.25) is 0 Å². The van der Waals surface area contributed by atoms with E-state index in [0.29, 0.717) is 5.56 Å². The zero-order valence-electron chi connectivity index (χ0n) is 10.7. The maximum absolute atomic E-state index is 13.9. The molecule has 3 N–H and O–H groups in total. The highest BCUT2D eigenvalue weighted by Gasteiger charge is 2.20. The van der Waals surface area contributed by atoms with Crippen LogP contribution < -0.4 is 11.3 Å². The predicted octanol–water partition coefficient (Wildman–Crippen LogP) is 1.73. The van der Waals surface area contributed by atoms with Crippen LogP contribution in [0.2, 0.25) is 0 Å². The Hall–Kier alpha value is -1.72. The molecule has 0 spiro atoms. The standard InChI is InChI=1S/C13H17FN4/c1-8-4-5-11(14)10(6-8)13(16-15)12-7-9(2)17-18(12)3/h4-7,13,16H,15H2,1-3H3. The SMILES string of the molecule is Cc1ccc(F)c(C(NN)c2cc(C)nn2C)c1. The van der Waals surface area contributed by atoms with Crippen molar-refractivity contribution in [1.82, 2.24) is 15.2 Å². The predicted molar refractivity (Wildman–Crippen MR) is 68.2 cm³/mol. The van der Waals surface area contributed by atoms with Gasteiger partial charge in [0.1, 0.15) is 5.82 Å². The van der Waals surface area contributed by atoms with E-state index in [4.69, 9.17) is 5.84 Å². The Morgan fingerprint density at radius 1 is 1.33 bits per heavy atom. The molecule has 0 aliphatic rings. The number of nitrogens with zero attached hydrogens (tertiary/aromatic N) is 2. The van der Waals surface area contributed by atoms with Gasteiger partial charge in [-0.2, -0.15) is 5.10 Å². The van der Waals surface area contributed by atoms with Gasteiger partial charge in [-0.15, -0.1) is 0 Å². The number of hydrogen-bond acceptors (Lipinski definition) is 3. The molecule has 0 bridgehead atoms. The Morgan fingerprint density at radius 2 is 2.06 bits per heavy atom. The van der Waals surface area contributed by atoms with Crippen molar-refractivity contribution >= 4 is 0 Å². The van der Waals surface area contributed by atoms with Gasteiger partial charge in [0.05, 0.1) is 17.4 Å². The van der Waals surface area contributed by atoms with Crippen LogP contribution in [0, 0.1) is 19.7 Å². The normalized spacial score (nSPS) is 12.7. The molecule has 0 amide bonds. The topological polar surface area (TPSA) is 55.9 Å². The van der Waals surface area contributed by atoms with E-state index in [1.54, 1.807) is 16.8 Å². The first-order chi connectivity index (χ1) is 8.52. The van der Waals surface area contributed by atoms with Crippen LogP contribution >= 0.6 is 0 Å². The summed E-state index contributed by atoms with van der Waals surface area (Å²) in [6.07, 6.45) is 0. The quantitative estimate of drug-likeness (QED) is 0.642. The van der Waals surface area contributed by atoms with Gasteiger partial charge in [-0.25, -0.2) is 9.82 Å². The number of nitrogens with one attached hydrogen (secondary N) is 1. The molecule has 1 atom stereocenters. The molecule has 5 heteroatoms. The minimum atomic E-state index is -0.406. The fraction of sp³-hybridized carbons (Fsp3) is 0.308. The molecule has 0 aliphatic heterocycles. The molecule has 1 aromatic heterocycles. The second-order valence-corrected chi connectivity index (χ2v) is 4.46. The number of halogens is 1. The van der Waals surface area contributed by atoms with Gasteiger partial charge < -0.3 is 0 Å². The van der Waals surface area contributed by atoms with Crippen molar-refractivity contribution in [2.24, 2.45) is 12.9 Å². The van der Waals surface area contributed by atoms with Gasteiger partial charge in [0.15, 0.2) is 0 Å². The third kappa shape index (κ3) is 2.27. The summed E-state index contributed by atoms with van der Waals surface area (Å²) in [5.74, 6) is 5.30. The van der Waals surface area contributed by atoms with Gasteiger partial charge in [-0.3, -0.25) is 10.5 Å². The summed E-state index contributed by atoms with van der Waals surface area (Å²) < 4.78 is 15.6. The monoisotopic (exact) mass is 248 g/mol. The highest BCUT2D eigenvalue weighted by Crippen LogP contribution is 2.24. The maximum atomic E-state index is 13.9. The molecule has 4 nitrogen and oxygen atoms in total. The van der Waals surface area contributed by atoms with Crippen molar-refractivity contribution in [3.8, 4) is 0 Å². The van der Waals surface area contributed by atoms with E-state index < -0.39 is 6.04 Å². The lowest BCUT2D eigenvalue weighted by molar-refractivity contribution is 0.532. The molecule has 2 rings (SSSR count). The van der Waals surface area contributed by atoms with Crippen LogP contribution in [0.1, 0.15) is 28.6 Å². The molecule has 1 aromatic carbocycles. The van der Waals surface area contributed by atoms with Gasteiger partial charge >= 0.3 is 0 Å². The fourth-order valence-corrected chi connectivity index (χ4v) is 2.12. The van der Waals surface area contributed by atoms with Crippen molar-refractivity contribution in [1.29, 1.82) is 0 Å². The average molecular weight is 248 g/mol. The van der Waals surface area contributed by atoms with Crippen LogP contribution in [0.4, 0.5) is 4.39 Å². The van der Waals surface area contributed by atoms with E-state index in [-0.39, 0.29) is 5.82 Å². The van der Waals surface area contributed by atoms with Crippen LogP contribution in [0.25, 0.3) is 0 Å². The van der Waals surface area contributed by atoms with Crippen molar-refractivity contribution in [2.75, 3.05) is 0 Å². The third-order valence-corrected chi connectivity index (χ3v) is 2.96. The maximum Gasteiger partial charge on any atom is 0.128 e. The summed E-state index contributed by atoms with van der Waals surface area (Å²) in [6.45, 7) is 3.81. The van der Waals surface area contributed by atoms with Crippen LogP contribution in [0.15, 0.2) is 24.3 Å². The molecule has 18 heavy (non-hydrogen) atoms. The van der Waals surface area contributed by atoms with Crippen molar-refractivity contribution in [3.63, 3.8) is 0 Å². The lowest BCUT2D eigenvalue weighted by Gasteiger charge is -2.17.